The number of pyridine rings is 1. The average Bonchev–Trinajstić information content (AvgIpc) is 2.32. The van der Waals surface area contributed by atoms with Crippen LogP contribution in [0.5, 0.6) is 5.75 Å². The largest absolute Gasteiger partial charge is 0.377 e. The molecule has 1 N–H and O–H groups in total. The minimum absolute atomic E-state index is 0.236. The number of aromatic nitrogens is 1. The highest BCUT2D eigenvalue weighted by molar-refractivity contribution is 7.86. The van der Waals surface area contributed by atoms with Crippen LogP contribution in [-0.2, 0) is 16.5 Å². The fourth-order valence-corrected chi connectivity index (χ4v) is 2.13. The Labute approximate surface area is 109 Å². The lowest BCUT2D eigenvalue weighted by Crippen LogP contribution is -2.14. The van der Waals surface area contributed by atoms with Gasteiger partial charge in [0.1, 0.15) is 0 Å². The summed E-state index contributed by atoms with van der Waals surface area (Å²) in [5.41, 5.74) is 0.781. The maximum Gasteiger partial charge on any atom is 0.306 e. The topological polar surface area (TPSA) is 100 Å². The van der Waals surface area contributed by atoms with Gasteiger partial charge in [0.05, 0.1) is 18.7 Å². The van der Waals surface area contributed by atoms with Crippen LogP contribution in [0.4, 0.5) is 0 Å². The Morgan fingerprint density at radius 2 is 2.16 bits per heavy atom. The maximum absolute atomic E-state index is 12.0. The third kappa shape index (κ3) is 2.92. The Morgan fingerprint density at radius 1 is 1.42 bits per heavy atom. The summed E-state index contributed by atoms with van der Waals surface area (Å²) in [6.07, 6.45) is 2.30. The predicted octanol–water partition coefficient (Wildman–Crippen LogP) is 0.933. The van der Waals surface area contributed by atoms with Gasteiger partial charge in [-0.1, -0.05) is 6.07 Å². The van der Waals surface area contributed by atoms with E-state index in [1.54, 1.807) is 12.1 Å². The molecule has 6 nitrogen and oxygen atoms in total. The van der Waals surface area contributed by atoms with Crippen LogP contribution >= 0.6 is 0 Å². The first-order chi connectivity index (χ1) is 8.90. The highest BCUT2D eigenvalue weighted by Crippen LogP contribution is 2.15. The number of rotatable bonds is 3. The maximum atomic E-state index is 12.0. The van der Waals surface area contributed by atoms with Gasteiger partial charge in [-0.3, -0.25) is 4.79 Å². The Bertz CT molecular complexity index is 831. The quantitative estimate of drug-likeness (QED) is 0.842. The Balaban J connectivity index is 2.58. The molecular formula is C12H10N2O4S. The number of nitriles is 1. The highest BCUT2D eigenvalue weighted by atomic mass is 32.2. The SMILES string of the molecule is CS(=O)(=O)Oc1c[nH]c2cc(CC#N)ccc2c1=O. The van der Waals surface area contributed by atoms with E-state index in [0.717, 1.165) is 11.8 Å². The van der Waals surface area contributed by atoms with Crippen LogP contribution in [-0.4, -0.2) is 19.7 Å². The van der Waals surface area contributed by atoms with Gasteiger partial charge in [-0.05, 0) is 17.7 Å². The average molecular weight is 278 g/mol. The molecule has 1 heterocycles. The summed E-state index contributed by atoms with van der Waals surface area (Å²) in [5, 5.41) is 8.92. The van der Waals surface area contributed by atoms with Crippen LogP contribution in [0.15, 0.2) is 29.2 Å². The van der Waals surface area contributed by atoms with E-state index in [2.05, 4.69) is 9.17 Å². The lowest BCUT2D eigenvalue weighted by atomic mass is 10.1. The summed E-state index contributed by atoms with van der Waals surface area (Å²) < 4.78 is 26.6. The zero-order valence-corrected chi connectivity index (χ0v) is 10.8. The van der Waals surface area contributed by atoms with E-state index in [1.165, 1.54) is 12.3 Å². The first kappa shape index (κ1) is 13.1. The Kier molecular flexibility index (Phi) is 3.27. The van der Waals surface area contributed by atoms with E-state index >= 15 is 0 Å². The minimum Gasteiger partial charge on any atom is -0.377 e. The molecule has 0 unspecified atom stereocenters. The summed E-state index contributed by atoms with van der Waals surface area (Å²) in [6, 6.07) is 6.86. The van der Waals surface area contributed by atoms with Crippen LogP contribution in [0.3, 0.4) is 0 Å². The van der Waals surface area contributed by atoms with Gasteiger partial charge in [-0.25, -0.2) is 0 Å². The summed E-state index contributed by atoms with van der Waals surface area (Å²) in [5.74, 6) is -0.275. The van der Waals surface area contributed by atoms with Crippen molar-refractivity contribution in [2.24, 2.45) is 0 Å². The van der Waals surface area contributed by atoms with E-state index in [-0.39, 0.29) is 12.2 Å². The highest BCUT2D eigenvalue weighted by Gasteiger charge is 2.11. The van der Waals surface area contributed by atoms with Gasteiger partial charge in [-0.2, -0.15) is 13.7 Å². The molecule has 7 heteroatoms. The molecule has 0 fully saturated rings. The molecule has 2 aromatic rings. The number of nitrogens with one attached hydrogen (secondary N) is 1. The van der Waals surface area contributed by atoms with E-state index in [1.807, 2.05) is 6.07 Å². The normalized spacial score (nSPS) is 11.2. The molecule has 0 atom stereocenters. The van der Waals surface area contributed by atoms with Gasteiger partial charge < -0.3 is 9.17 Å². The second-order valence-corrected chi connectivity index (χ2v) is 5.56. The van der Waals surface area contributed by atoms with Crippen LogP contribution in [0.2, 0.25) is 0 Å². The number of hydrogen-bond donors (Lipinski definition) is 1. The zero-order valence-electron chi connectivity index (χ0n) is 10.0. The van der Waals surface area contributed by atoms with Crippen molar-refractivity contribution < 1.29 is 12.6 Å². The standard InChI is InChI=1S/C12H10N2O4S/c1-19(16,17)18-11-7-14-10-6-8(4-5-13)2-3-9(10)12(11)15/h2-3,6-7H,4H2,1H3,(H,14,15). The zero-order chi connectivity index (χ0) is 14.0. The molecule has 0 amide bonds. The molecule has 0 saturated heterocycles. The Morgan fingerprint density at radius 3 is 2.79 bits per heavy atom. The molecule has 98 valence electrons. The third-order valence-corrected chi connectivity index (χ3v) is 2.92. The number of nitrogens with zero attached hydrogens (tertiary/aromatic N) is 1. The fourth-order valence-electron chi connectivity index (χ4n) is 1.68. The van der Waals surface area contributed by atoms with Gasteiger partial charge in [-0.15, -0.1) is 0 Å². The number of hydrogen-bond acceptors (Lipinski definition) is 5. The van der Waals surface area contributed by atoms with Crippen LogP contribution in [0, 0.1) is 11.3 Å². The molecule has 0 bridgehead atoms. The molecule has 1 aromatic carbocycles. The van der Waals surface area contributed by atoms with E-state index < -0.39 is 15.5 Å². The van der Waals surface area contributed by atoms with Crippen molar-refractivity contribution in [3.8, 4) is 11.8 Å². The first-order valence-electron chi connectivity index (χ1n) is 5.31. The van der Waals surface area contributed by atoms with Gasteiger partial charge in [0.25, 0.3) is 0 Å². The van der Waals surface area contributed by atoms with Gasteiger partial charge in [0.2, 0.25) is 11.2 Å². The van der Waals surface area contributed by atoms with Crippen molar-refractivity contribution in [3.63, 3.8) is 0 Å². The molecular weight excluding hydrogens is 268 g/mol. The van der Waals surface area contributed by atoms with Crippen molar-refractivity contribution >= 4 is 21.0 Å². The number of aromatic amines is 1. The summed E-state index contributed by atoms with van der Waals surface area (Å²) >= 11 is 0. The van der Waals surface area contributed by atoms with E-state index in [4.69, 9.17) is 5.26 Å². The van der Waals surface area contributed by atoms with Crippen molar-refractivity contribution in [1.29, 1.82) is 5.26 Å². The number of fused-ring (bicyclic) bond motifs is 1. The third-order valence-electron chi connectivity index (χ3n) is 2.44. The summed E-state index contributed by atoms with van der Waals surface area (Å²) in [4.78, 5) is 14.8. The van der Waals surface area contributed by atoms with Crippen molar-refractivity contribution in [1.82, 2.24) is 4.98 Å². The molecule has 1 aromatic heterocycles. The monoisotopic (exact) mass is 278 g/mol. The van der Waals surface area contributed by atoms with Crippen LogP contribution in [0.25, 0.3) is 10.9 Å². The predicted molar refractivity (Wildman–Crippen MR) is 69.4 cm³/mol. The number of H-pyrrole nitrogens is 1. The van der Waals surface area contributed by atoms with Crippen molar-refractivity contribution in [2.75, 3.05) is 6.26 Å². The summed E-state index contributed by atoms with van der Waals surface area (Å²) in [6.45, 7) is 0. The molecule has 0 aliphatic heterocycles. The first-order valence-corrected chi connectivity index (χ1v) is 7.13. The van der Waals surface area contributed by atoms with Crippen molar-refractivity contribution in [2.45, 2.75) is 6.42 Å². The molecule has 19 heavy (non-hydrogen) atoms. The van der Waals surface area contributed by atoms with Gasteiger partial charge >= 0.3 is 10.1 Å². The minimum atomic E-state index is -3.75. The van der Waals surface area contributed by atoms with Crippen molar-refractivity contribution in [3.05, 3.63) is 40.2 Å². The lowest BCUT2D eigenvalue weighted by molar-refractivity contribution is 0.490. The summed E-state index contributed by atoms with van der Waals surface area (Å²) in [7, 11) is -3.75. The molecule has 0 spiro atoms. The van der Waals surface area contributed by atoms with Gasteiger partial charge in [0.15, 0.2) is 0 Å². The molecule has 2 rings (SSSR count). The molecule has 0 radical (unpaired) electrons. The molecule has 0 aliphatic rings. The molecule has 0 aliphatic carbocycles. The fraction of sp³-hybridized carbons (Fsp3) is 0.167. The smallest absolute Gasteiger partial charge is 0.306 e. The Hall–Kier alpha value is -2.33. The lowest BCUT2D eigenvalue weighted by Gasteiger charge is -2.04. The second kappa shape index (κ2) is 4.74. The van der Waals surface area contributed by atoms with Gasteiger partial charge in [0, 0.05) is 17.1 Å². The second-order valence-electron chi connectivity index (χ2n) is 3.98. The van der Waals surface area contributed by atoms with E-state index in [9.17, 15) is 13.2 Å². The van der Waals surface area contributed by atoms with Crippen LogP contribution in [0.1, 0.15) is 5.56 Å². The molecule has 0 saturated carbocycles. The van der Waals surface area contributed by atoms with E-state index in [0.29, 0.717) is 10.9 Å². The number of benzene rings is 1. The van der Waals surface area contributed by atoms with Crippen LogP contribution < -0.4 is 9.61 Å².